The van der Waals surface area contributed by atoms with E-state index in [0.717, 1.165) is 35.4 Å². The van der Waals surface area contributed by atoms with Gasteiger partial charge in [0.25, 0.3) is 0 Å². The summed E-state index contributed by atoms with van der Waals surface area (Å²) in [7, 11) is 0. The summed E-state index contributed by atoms with van der Waals surface area (Å²) in [4.78, 5) is 11.3. The Balaban J connectivity index is 1.66. The summed E-state index contributed by atoms with van der Waals surface area (Å²) in [6, 6.07) is 15.9. The number of phenolic OH excluding ortho intramolecular Hbond substituents is 1. The Hall–Kier alpha value is -5.19. The van der Waals surface area contributed by atoms with Crippen LogP contribution in [0.25, 0.3) is 27.7 Å². The third kappa shape index (κ3) is 5.09. The third-order valence-electron chi connectivity index (χ3n) is 6.49. The van der Waals surface area contributed by atoms with Gasteiger partial charge in [0.1, 0.15) is 11.5 Å². The molecule has 11 heteroatoms. The zero-order valence-electron chi connectivity index (χ0n) is 21.5. The number of fused-ring (bicyclic) bond motifs is 1. The Morgan fingerprint density at radius 3 is 2.24 bits per heavy atom. The minimum Gasteiger partial charge on any atom is -0.505 e. The van der Waals surface area contributed by atoms with E-state index >= 15 is 0 Å². The number of hydrogen-bond acceptors (Lipinski definition) is 5. The first-order valence-corrected chi connectivity index (χ1v) is 12.2. The van der Waals surface area contributed by atoms with E-state index in [4.69, 9.17) is 0 Å². The smallest absolute Gasteiger partial charge is 0.416 e. The van der Waals surface area contributed by atoms with Crippen molar-refractivity contribution in [2.24, 2.45) is 10.2 Å². The highest BCUT2D eigenvalue weighted by Gasteiger charge is 2.32. The zero-order chi connectivity index (χ0) is 29.6. The van der Waals surface area contributed by atoms with E-state index in [2.05, 4.69) is 10.2 Å². The SMILES string of the molecule is Cc1cc(C)cc(-n2c(O)c(N=Nc3cccc(-c4ccc(F)c(C(=O)O)c4)c3O)c3ccc(C(F)(F)F)cc32)c1. The van der Waals surface area contributed by atoms with Gasteiger partial charge in [-0.1, -0.05) is 24.3 Å². The maximum atomic E-state index is 13.9. The zero-order valence-corrected chi connectivity index (χ0v) is 21.5. The highest BCUT2D eigenvalue weighted by molar-refractivity contribution is 5.97. The van der Waals surface area contributed by atoms with Crippen LogP contribution in [0, 0.1) is 19.7 Å². The molecule has 5 rings (SSSR count). The fraction of sp³-hybridized carbons (Fsp3) is 0.100. The van der Waals surface area contributed by atoms with Crippen molar-refractivity contribution in [2.75, 3.05) is 0 Å². The molecule has 0 saturated heterocycles. The second-order valence-electron chi connectivity index (χ2n) is 9.46. The Labute approximate surface area is 230 Å². The van der Waals surface area contributed by atoms with Gasteiger partial charge in [0.15, 0.2) is 11.4 Å². The normalized spacial score (nSPS) is 12.0. The predicted octanol–water partition coefficient (Wildman–Crippen LogP) is 8.60. The van der Waals surface area contributed by atoms with Gasteiger partial charge >= 0.3 is 12.1 Å². The first-order valence-electron chi connectivity index (χ1n) is 12.2. The minimum atomic E-state index is -4.63. The van der Waals surface area contributed by atoms with Crippen molar-refractivity contribution in [3.63, 3.8) is 0 Å². The van der Waals surface area contributed by atoms with Gasteiger partial charge < -0.3 is 15.3 Å². The molecule has 0 unspecified atom stereocenters. The summed E-state index contributed by atoms with van der Waals surface area (Å²) in [6.07, 6.45) is -4.63. The second-order valence-corrected chi connectivity index (χ2v) is 9.46. The molecular weight excluding hydrogens is 542 g/mol. The quantitative estimate of drug-likeness (QED) is 0.147. The van der Waals surface area contributed by atoms with Crippen LogP contribution in [0.2, 0.25) is 0 Å². The lowest BCUT2D eigenvalue weighted by molar-refractivity contribution is -0.137. The van der Waals surface area contributed by atoms with Crippen molar-refractivity contribution >= 4 is 28.2 Å². The van der Waals surface area contributed by atoms with Crippen LogP contribution in [-0.2, 0) is 6.18 Å². The molecule has 0 aliphatic heterocycles. The molecule has 4 aromatic carbocycles. The van der Waals surface area contributed by atoms with E-state index in [1.54, 1.807) is 12.1 Å². The van der Waals surface area contributed by atoms with Gasteiger partial charge in [-0.05, 0) is 79.1 Å². The molecule has 7 nitrogen and oxygen atoms in total. The lowest BCUT2D eigenvalue weighted by Crippen LogP contribution is -2.05. The largest absolute Gasteiger partial charge is 0.505 e. The van der Waals surface area contributed by atoms with Crippen molar-refractivity contribution in [1.29, 1.82) is 0 Å². The molecule has 1 aromatic heterocycles. The maximum Gasteiger partial charge on any atom is 0.416 e. The summed E-state index contributed by atoms with van der Waals surface area (Å²) < 4.78 is 55.9. The Morgan fingerprint density at radius 1 is 0.878 bits per heavy atom. The average molecular weight is 564 g/mol. The first-order chi connectivity index (χ1) is 19.3. The Morgan fingerprint density at radius 2 is 1.59 bits per heavy atom. The Bertz CT molecular complexity index is 1860. The molecule has 208 valence electrons. The minimum absolute atomic E-state index is 0.0433. The number of benzene rings is 4. The van der Waals surface area contributed by atoms with E-state index < -0.39 is 40.7 Å². The molecule has 0 aliphatic rings. The number of phenols is 1. The van der Waals surface area contributed by atoms with Crippen molar-refractivity contribution < 1.29 is 37.7 Å². The van der Waals surface area contributed by atoms with Crippen molar-refractivity contribution in [3.05, 3.63) is 101 Å². The van der Waals surface area contributed by atoms with E-state index in [0.29, 0.717) is 5.69 Å². The lowest BCUT2D eigenvalue weighted by Gasteiger charge is -2.11. The monoisotopic (exact) mass is 563 g/mol. The van der Waals surface area contributed by atoms with Crippen molar-refractivity contribution in [3.8, 4) is 28.4 Å². The number of aryl methyl sites for hydroxylation is 2. The van der Waals surface area contributed by atoms with Gasteiger partial charge in [0, 0.05) is 16.6 Å². The fourth-order valence-electron chi connectivity index (χ4n) is 4.68. The van der Waals surface area contributed by atoms with Gasteiger partial charge in [0.05, 0.1) is 16.6 Å². The molecule has 0 radical (unpaired) electrons. The van der Waals surface area contributed by atoms with Crippen molar-refractivity contribution in [1.82, 2.24) is 4.57 Å². The molecule has 0 fully saturated rings. The van der Waals surface area contributed by atoms with Gasteiger partial charge in [-0.2, -0.15) is 13.2 Å². The number of rotatable bonds is 5. The standard InChI is InChI=1S/C30H21F4N3O4/c1-15-10-16(2)12-19(11-15)37-25-14-18(30(32,33)34)7-8-21(25)26(28(37)39)36-35-24-5-3-4-20(27(24)38)17-6-9-23(31)22(13-17)29(40)41/h3-14,38-39H,1-2H3,(H,40,41). The number of para-hydroxylation sites is 1. The number of aromatic nitrogens is 1. The molecule has 41 heavy (non-hydrogen) atoms. The molecule has 0 amide bonds. The van der Waals surface area contributed by atoms with Gasteiger partial charge in [0.2, 0.25) is 5.88 Å². The van der Waals surface area contributed by atoms with Crippen LogP contribution >= 0.6 is 0 Å². The fourth-order valence-corrected chi connectivity index (χ4v) is 4.68. The predicted molar refractivity (Wildman–Crippen MR) is 144 cm³/mol. The van der Waals surface area contributed by atoms with E-state index in [1.807, 2.05) is 19.9 Å². The molecule has 1 heterocycles. The number of nitrogens with zero attached hydrogens (tertiary/aromatic N) is 3. The number of alkyl halides is 3. The Kier molecular flexibility index (Phi) is 6.74. The van der Waals surface area contributed by atoms with Crippen LogP contribution in [0.1, 0.15) is 27.0 Å². The van der Waals surface area contributed by atoms with E-state index in [9.17, 15) is 37.7 Å². The number of carboxylic acids is 1. The number of azo groups is 1. The molecular formula is C30H21F4N3O4. The number of halogens is 4. The van der Waals surface area contributed by atoms with Crippen LogP contribution in [0.4, 0.5) is 28.9 Å². The van der Waals surface area contributed by atoms with Crippen LogP contribution < -0.4 is 0 Å². The number of carboxylic acid groups (broad SMARTS) is 1. The molecule has 0 saturated carbocycles. The number of carbonyl (C=O) groups is 1. The first kappa shape index (κ1) is 27.4. The van der Waals surface area contributed by atoms with E-state index in [-0.39, 0.29) is 33.4 Å². The number of aromatic carboxylic acids is 1. The molecule has 0 spiro atoms. The van der Waals surface area contributed by atoms with Crippen molar-refractivity contribution in [2.45, 2.75) is 20.0 Å². The summed E-state index contributed by atoms with van der Waals surface area (Å²) in [5.74, 6) is -3.30. The molecule has 0 bridgehead atoms. The summed E-state index contributed by atoms with van der Waals surface area (Å²) in [5.41, 5.74) is 0.735. The van der Waals surface area contributed by atoms with Gasteiger partial charge in [-0.25, -0.2) is 9.18 Å². The number of aromatic hydroxyl groups is 2. The molecule has 3 N–H and O–H groups in total. The molecule has 0 aliphatic carbocycles. The van der Waals surface area contributed by atoms with Crippen LogP contribution in [0.5, 0.6) is 11.6 Å². The highest BCUT2D eigenvalue weighted by atomic mass is 19.4. The van der Waals surface area contributed by atoms with E-state index in [1.165, 1.54) is 34.9 Å². The van der Waals surface area contributed by atoms with Gasteiger partial charge in [-0.15, -0.1) is 10.2 Å². The summed E-state index contributed by atoms with van der Waals surface area (Å²) in [6.45, 7) is 3.63. The lowest BCUT2D eigenvalue weighted by atomic mass is 10.0. The van der Waals surface area contributed by atoms with Crippen LogP contribution in [0.15, 0.2) is 83.0 Å². The average Bonchev–Trinajstić information content (AvgIpc) is 3.17. The summed E-state index contributed by atoms with van der Waals surface area (Å²) in [5, 5.41) is 39.7. The topological polar surface area (TPSA) is 107 Å². The van der Waals surface area contributed by atoms with Crippen LogP contribution in [0.3, 0.4) is 0 Å². The third-order valence-corrected chi connectivity index (χ3v) is 6.49. The highest BCUT2D eigenvalue weighted by Crippen LogP contribution is 2.45. The van der Waals surface area contributed by atoms with Gasteiger partial charge in [-0.3, -0.25) is 4.57 Å². The van der Waals surface area contributed by atoms with Crippen LogP contribution in [-0.4, -0.2) is 25.9 Å². The molecule has 5 aromatic rings. The maximum absolute atomic E-state index is 13.9. The second kappa shape index (κ2) is 10.1. The number of hydrogen-bond donors (Lipinski definition) is 3. The summed E-state index contributed by atoms with van der Waals surface area (Å²) >= 11 is 0. The molecule has 0 atom stereocenters.